The molecule has 0 atom stereocenters. The Hall–Kier alpha value is -2.18. The van der Waals surface area contributed by atoms with Crippen LogP contribution in [0.1, 0.15) is 0 Å². The largest absolute Gasteiger partial charge is 0.360 e. The van der Waals surface area contributed by atoms with Crippen LogP contribution < -0.4 is 15.1 Å². The van der Waals surface area contributed by atoms with E-state index < -0.39 is 11.6 Å². The number of nitrogens with one attached hydrogen (secondary N) is 2. The average molecular weight is 367 g/mol. The van der Waals surface area contributed by atoms with E-state index in [1.54, 1.807) is 0 Å². The smallest absolute Gasteiger partial charge is 0.279 e. The van der Waals surface area contributed by atoms with Crippen molar-refractivity contribution >= 4 is 28.9 Å². The summed E-state index contributed by atoms with van der Waals surface area (Å²) in [5.41, 5.74) is 1.39. The van der Waals surface area contributed by atoms with Crippen LogP contribution >= 0.6 is 11.6 Å². The van der Waals surface area contributed by atoms with Crippen LogP contribution in [-0.2, 0) is 4.79 Å². The Balaban J connectivity index is 1.49. The predicted molar refractivity (Wildman–Crippen MR) is 94.2 cm³/mol. The third kappa shape index (κ3) is 4.67. The highest BCUT2D eigenvalue weighted by Crippen LogP contribution is 2.17. The first-order chi connectivity index (χ1) is 12.0. The zero-order valence-corrected chi connectivity index (χ0v) is 14.3. The fourth-order valence-electron chi connectivity index (χ4n) is 2.92. The van der Waals surface area contributed by atoms with Crippen LogP contribution in [0.2, 0.25) is 5.02 Å². The highest BCUT2D eigenvalue weighted by molar-refractivity contribution is 6.30. The maximum atomic E-state index is 13.2. The van der Waals surface area contributed by atoms with E-state index in [0.717, 1.165) is 48.9 Å². The van der Waals surface area contributed by atoms with Gasteiger partial charge in [0.25, 0.3) is 5.91 Å². The molecule has 0 radical (unpaired) electrons. The number of nitrogens with zero attached hydrogens (tertiary/aromatic N) is 1. The molecule has 1 amide bonds. The number of halogens is 3. The fourth-order valence-corrected chi connectivity index (χ4v) is 3.04. The normalized spacial score (nSPS) is 15.2. The molecule has 2 aromatic carbocycles. The van der Waals surface area contributed by atoms with Gasteiger partial charge in [0.15, 0.2) is 18.2 Å². The molecule has 132 valence electrons. The third-order valence-corrected chi connectivity index (χ3v) is 4.53. The summed E-state index contributed by atoms with van der Waals surface area (Å²) in [4.78, 5) is 15.5. The Bertz CT molecular complexity index is 746. The van der Waals surface area contributed by atoms with Crippen LogP contribution in [0.3, 0.4) is 0 Å². The molecule has 0 bridgehead atoms. The van der Waals surface area contributed by atoms with Crippen molar-refractivity contribution in [3.05, 3.63) is 59.1 Å². The summed E-state index contributed by atoms with van der Waals surface area (Å²) < 4.78 is 26.1. The Morgan fingerprint density at radius 1 is 1.08 bits per heavy atom. The second kappa shape index (κ2) is 7.80. The van der Waals surface area contributed by atoms with Crippen LogP contribution in [0.5, 0.6) is 0 Å². The van der Waals surface area contributed by atoms with Crippen molar-refractivity contribution in [2.75, 3.05) is 42.9 Å². The zero-order chi connectivity index (χ0) is 17.8. The lowest BCUT2D eigenvalue weighted by atomic mass is 10.2. The van der Waals surface area contributed by atoms with Gasteiger partial charge in [0.2, 0.25) is 0 Å². The number of carbonyl (C=O) groups is 1. The molecule has 25 heavy (non-hydrogen) atoms. The van der Waals surface area contributed by atoms with Gasteiger partial charge in [-0.3, -0.25) is 4.79 Å². The number of amides is 1. The topological polar surface area (TPSA) is 36.8 Å². The monoisotopic (exact) mass is 366 g/mol. The van der Waals surface area contributed by atoms with Gasteiger partial charge < -0.3 is 15.1 Å². The maximum absolute atomic E-state index is 13.2. The molecule has 0 aromatic heterocycles. The summed E-state index contributed by atoms with van der Waals surface area (Å²) in [5, 5.41) is 3.32. The molecule has 3 rings (SSSR count). The van der Waals surface area contributed by atoms with Gasteiger partial charge in [-0.2, -0.15) is 0 Å². The SMILES string of the molecule is O=C(C[NH+]1CCN(c2ccc(Cl)cc2)CC1)Nc1ccc(F)c(F)c1. The van der Waals surface area contributed by atoms with Crippen molar-refractivity contribution in [3.8, 4) is 0 Å². The molecule has 0 unspecified atom stereocenters. The number of rotatable bonds is 4. The molecule has 4 nitrogen and oxygen atoms in total. The summed E-state index contributed by atoms with van der Waals surface area (Å²) in [7, 11) is 0. The van der Waals surface area contributed by atoms with Gasteiger partial charge in [0.1, 0.15) is 0 Å². The second-order valence-electron chi connectivity index (χ2n) is 6.07. The third-order valence-electron chi connectivity index (χ3n) is 4.28. The number of benzene rings is 2. The van der Waals surface area contributed by atoms with Crippen LogP contribution in [-0.4, -0.2) is 38.6 Å². The number of quaternary nitrogens is 1. The van der Waals surface area contributed by atoms with Crippen molar-refractivity contribution in [2.24, 2.45) is 0 Å². The number of hydrogen-bond acceptors (Lipinski definition) is 2. The van der Waals surface area contributed by atoms with Gasteiger partial charge in [0.05, 0.1) is 26.2 Å². The molecule has 2 N–H and O–H groups in total. The van der Waals surface area contributed by atoms with Crippen molar-refractivity contribution < 1.29 is 18.5 Å². The molecular formula is C18H19ClF2N3O+. The van der Waals surface area contributed by atoms with E-state index in [1.165, 1.54) is 6.07 Å². The van der Waals surface area contributed by atoms with Crippen LogP contribution in [0.25, 0.3) is 0 Å². The molecule has 1 heterocycles. The molecule has 1 aliphatic rings. The van der Waals surface area contributed by atoms with Crippen LogP contribution in [0.15, 0.2) is 42.5 Å². The minimum atomic E-state index is -0.971. The quantitative estimate of drug-likeness (QED) is 0.868. The summed E-state index contributed by atoms with van der Waals surface area (Å²) in [6.45, 7) is 3.64. The van der Waals surface area contributed by atoms with Gasteiger partial charge in [-0.25, -0.2) is 8.78 Å². The summed E-state index contributed by atoms with van der Waals surface area (Å²) in [6, 6.07) is 11.1. The predicted octanol–water partition coefficient (Wildman–Crippen LogP) is 1.96. The summed E-state index contributed by atoms with van der Waals surface area (Å²) >= 11 is 5.90. The molecular weight excluding hydrogens is 348 g/mol. The van der Waals surface area contributed by atoms with E-state index in [2.05, 4.69) is 10.2 Å². The first-order valence-electron chi connectivity index (χ1n) is 8.10. The summed E-state index contributed by atoms with van der Waals surface area (Å²) in [6.07, 6.45) is 0. The van der Waals surface area contributed by atoms with E-state index >= 15 is 0 Å². The molecule has 0 saturated carbocycles. The summed E-state index contributed by atoms with van der Waals surface area (Å²) in [5.74, 6) is -2.11. The van der Waals surface area contributed by atoms with E-state index in [4.69, 9.17) is 11.6 Å². The Labute approximate surface area is 150 Å². The number of anilines is 2. The molecule has 1 aliphatic heterocycles. The van der Waals surface area contributed by atoms with E-state index in [0.29, 0.717) is 11.6 Å². The van der Waals surface area contributed by atoms with E-state index in [9.17, 15) is 13.6 Å². The molecule has 2 aromatic rings. The van der Waals surface area contributed by atoms with Crippen LogP contribution in [0.4, 0.5) is 20.2 Å². The second-order valence-corrected chi connectivity index (χ2v) is 6.50. The van der Waals surface area contributed by atoms with E-state index in [-0.39, 0.29) is 11.6 Å². The maximum Gasteiger partial charge on any atom is 0.279 e. The van der Waals surface area contributed by atoms with Gasteiger partial charge in [-0.05, 0) is 36.4 Å². The van der Waals surface area contributed by atoms with Gasteiger partial charge in [-0.1, -0.05) is 11.6 Å². The van der Waals surface area contributed by atoms with Gasteiger partial charge >= 0.3 is 0 Å². The first kappa shape index (κ1) is 17.6. The number of carbonyl (C=O) groups excluding carboxylic acids is 1. The van der Waals surface area contributed by atoms with Crippen molar-refractivity contribution in [3.63, 3.8) is 0 Å². The van der Waals surface area contributed by atoms with Gasteiger partial charge in [-0.15, -0.1) is 0 Å². The molecule has 0 aliphatic carbocycles. The first-order valence-corrected chi connectivity index (χ1v) is 8.48. The van der Waals surface area contributed by atoms with Crippen LogP contribution in [0, 0.1) is 11.6 Å². The lowest BCUT2D eigenvalue weighted by Gasteiger charge is -2.33. The Kier molecular flexibility index (Phi) is 5.50. The lowest BCUT2D eigenvalue weighted by Crippen LogP contribution is -3.15. The van der Waals surface area contributed by atoms with Crippen molar-refractivity contribution in [1.82, 2.24) is 0 Å². The highest BCUT2D eigenvalue weighted by Gasteiger charge is 2.22. The van der Waals surface area contributed by atoms with Crippen molar-refractivity contribution in [2.45, 2.75) is 0 Å². The molecule has 7 heteroatoms. The lowest BCUT2D eigenvalue weighted by molar-refractivity contribution is -0.892. The average Bonchev–Trinajstić information content (AvgIpc) is 2.60. The Morgan fingerprint density at radius 2 is 1.76 bits per heavy atom. The standard InChI is InChI=1S/C18H18ClF2N3O/c19-13-1-4-15(5-2-13)24-9-7-23(8-10-24)12-18(25)22-14-3-6-16(20)17(21)11-14/h1-6,11H,7-10,12H2,(H,22,25)/p+1. The van der Waals surface area contributed by atoms with E-state index in [1.807, 2.05) is 24.3 Å². The minimum Gasteiger partial charge on any atom is -0.360 e. The number of piperazine rings is 1. The van der Waals surface area contributed by atoms with Crippen molar-refractivity contribution in [1.29, 1.82) is 0 Å². The zero-order valence-electron chi connectivity index (χ0n) is 13.6. The molecule has 1 saturated heterocycles. The Morgan fingerprint density at radius 3 is 2.40 bits per heavy atom. The molecule has 1 fully saturated rings. The van der Waals surface area contributed by atoms with Gasteiger partial charge in [0, 0.05) is 22.5 Å². The minimum absolute atomic E-state index is 0.207. The highest BCUT2D eigenvalue weighted by atomic mass is 35.5. The fraction of sp³-hybridized carbons (Fsp3) is 0.278. The molecule has 0 spiro atoms. The number of hydrogen-bond donors (Lipinski definition) is 2.